The van der Waals surface area contributed by atoms with Crippen LogP contribution >= 0.6 is 0 Å². The average Bonchev–Trinajstić information content (AvgIpc) is 2.67. The van der Waals surface area contributed by atoms with E-state index in [2.05, 4.69) is 25.9 Å². The van der Waals surface area contributed by atoms with E-state index in [1.807, 2.05) is 31.6 Å². The van der Waals surface area contributed by atoms with Gasteiger partial charge in [-0.25, -0.2) is 9.97 Å². The minimum Gasteiger partial charge on any atom is -0.341 e. The van der Waals surface area contributed by atoms with Gasteiger partial charge in [-0.15, -0.1) is 0 Å². The molecule has 2 aromatic heterocycles. The van der Waals surface area contributed by atoms with E-state index >= 15 is 0 Å². The van der Waals surface area contributed by atoms with E-state index in [1.165, 1.54) is 32.1 Å². The number of piperidine rings is 1. The van der Waals surface area contributed by atoms with Crippen molar-refractivity contribution in [2.45, 2.75) is 58.8 Å². The van der Waals surface area contributed by atoms with Crippen molar-refractivity contribution < 1.29 is 4.79 Å². The molecule has 1 aliphatic heterocycles. The molecule has 0 spiro atoms. The predicted molar refractivity (Wildman–Crippen MR) is 108 cm³/mol. The van der Waals surface area contributed by atoms with Crippen molar-refractivity contribution in [1.29, 1.82) is 0 Å². The van der Waals surface area contributed by atoms with Crippen LogP contribution in [-0.4, -0.2) is 33.8 Å². The fourth-order valence-corrected chi connectivity index (χ4v) is 3.70. The fraction of sp³-hybridized carbons (Fsp3) is 0.545. The minimum absolute atomic E-state index is 0.185. The summed E-state index contributed by atoms with van der Waals surface area (Å²) >= 11 is 0. The lowest BCUT2D eigenvalue weighted by Gasteiger charge is -2.32. The van der Waals surface area contributed by atoms with Gasteiger partial charge in [0.1, 0.15) is 5.78 Å². The van der Waals surface area contributed by atoms with Crippen LogP contribution in [0.2, 0.25) is 0 Å². The number of ketones is 1. The number of rotatable bonds is 8. The van der Waals surface area contributed by atoms with Crippen LogP contribution in [0.3, 0.4) is 0 Å². The highest BCUT2D eigenvalue weighted by Gasteiger charge is 2.20. The van der Waals surface area contributed by atoms with Crippen LogP contribution in [0.4, 0.5) is 5.95 Å². The fourth-order valence-electron chi connectivity index (χ4n) is 3.70. The summed E-state index contributed by atoms with van der Waals surface area (Å²) in [7, 11) is 0. The molecule has 1 saturated heterocycles. The van der Waals surface area contributed by atoms with Crippen LogP contribution < -0.4 is 4.90 Å². The van der Waals surface area contributed by atoms with Crippen molar-refractivity contribution in [1.82, 2.24) is 15.0 Å². The predicted octanol–water partition coefficient (Wildman–Crippen LogP) is 3.94. The zero-order chi connectivity index (χ0) is 19.1. The summed E-state index contributed by atoms with van der Waals surface area (Å²) in [5.74, 6) is 1.88. The summed E-state index contributed by atoms with van der Waals surface area (Å²) in [6.45, 7) is 5.76. The Kier molecular flexibility index (Phi) is 6.91. The number of hydrogen-bond acceptors (Lipinski definition) is 5. The van der Waals surface area contributed by atoms with Crippen LogP contribution in [-0.2, 0) is 17.6 Å². The van der Waals surface area contributed by atoms with Crippen molar-refractivity contribution in [3.05, 3.63) is 47.5 Å². The number of aromatic nitrogens is 3. The first kappa shape index (κ1) is 19.5. The summed E-state index contributed by atoms with van der Waals surface area (Å²) in [5.41, 5.74) is 3.25. The standard InChI is InChI=1S/C22H30N4O/c1-17-14-24-22(25-15-17)26-11-9-19(10-12-26)5-3-4-6-21-8-7-20(16-23-21)13-18(2)27/h7-8,14-16,19H,3-6,9-13H2,1-2H3. The van der Waals surface area contributed by atoms with E-state index in [9.17, 15) is 4.79 Å². The molecular formula is C22H30N4O. The Morgan fingerprint density at radius 1 is 1.07 bits per heavy atom. The van der Waals surface area contributed by atoms with Crippen molar-refractivity contribution in [3.63, 3.8) is 0 Å². The molecule has 3 heterocycles. The summed E-state index contributed by atoms with van der Waals surface area (Å²) in [5, 5.41) is 0. The van der Waals surface area contributed by atoms with Crippen LogP contribution in [0.15, 0.2) is 30.7 Å². The largest absolute Gasteiger partial charge is 0.341 e. The highest BCUT2D eigenvalue weighted by atomic mass is 16.1. The lowest BCUT2D eigenvalue weighted by Crippen LogP contribution is -2.34. The maximum absolute atomic E-state index is 11.1. The van der Waals surface area contributed by atoms with Crippen molar-refractivity contribution in [3.8, 4) is 0 Å². The SMILES string of the molecule is CC(=O)Cc1ccc(CCCCC2CCN(c3ncc(C)cn3)CC2)nc1. The number of carbonyl (C=O) groups is 1. The Bertz CT molecular complexity index is 719. The minimum atomic E-state index is 0.185. The zero-order valence-electron chi connectivity index (χ0n) is 16.5. The summed E-state index contributed by atoms with van der Waals surface area (Å²) in [6.07, 6.45) is 13.3. The van der Waals surface area contributed by atoms with Crippen molar-refractivity contribution >= 4 is 11.7 Å². The molecule has 0 amide bonds. The van der Waals surface area contributed by atoms with Crippen LogP contribution in [0.25, 0.3) is 0 Å². The van der Waals surface area contributed by atoms with Gasteiger partial charge < -0.3 is 4.90 Å². The third-order valence-corrected chi connectivity index (χ3v) is 5.30. The van der Waals surface area contributed by atoms with Crippen LogP contribution in [0, 0.1) is 12.8 Å². The molecule has 5 nitrogen and oxygen atoms in total. The second-order valence-corrected chi connectivity index (χ2v) is 7.77. The normalized spacial score (nSPS) is 15.1. The average molecular weight is 367 g/mol. The molecule has 0 bridgehead atoms. The molecule has 144 valence electrons. The van der Waals surface area contributed by atoms with Gasteiger partial charge in [0.15, 0.2) is 0 Å². The molecule has 5 heteroatoms. The van der Waals surface area contributed by atoms with Crippen LogP contribution in [0.5, 0.6) is 0 Å². The number of anilines is 1. The Morgan fingerprint density at radius 2 is 1.81 bits per heavy atom. The number of nitrogens with zero attached hydrogens (tertiary/aromatic N) is 4. The van der Waals surface area contributed by atoms with Gasteiger partial charge in [0, 0.05) is 43.8 Å². The second kappa shape index (κ2) is 9.58. The molecule has 27 heavy (non-hydrogen) atoms. The molecule has 0 atom stereocenters. The topological polar surface area (TPSA) is 59.0 Å². The van der Waals surface area contributed by atoms with Crippen molar-refractivity contribution in [2.75, 3.05) is 18.0 Å². The number of carbonyl (C=O) groups excluding carboxylic acids is 1. The third kappa shape index (κ3) is 6.12. The van der Waals surface area contributed by atoms with Gasteiger partial charge in [-0.2, -0.15) is 0 Å². The van der Waals surface area contributed by atoms with Gasteiger partial charge >= 0.3 is 0 Å². The summed E-state index contributed by atoms with van der Waals surface area (Å²) in [6, 6.07) is 4.10. The molecule has 2 aromatic rings. The number of aryl methyl sites for hydroxylation is 2. The summed E-state index contributed by atoms with van der Waals surface area (Å²) < 4.78 is 0. The molecule has 1 fully saturated rings. The van der Waals surface area contributed by atoms with E-state index < -0.39 is 0 Å². The number of unbranched alkanes of at least 4 members (excludes halogenated alkanes) is 1. The molecule has 0 saturated carbocycles. The van der Waals surface area contributed by atoms with Crippen LogP contribution in [0.1, 0.15) is 55.8 Å². The van der Waals surface area contributed by atoms with Gasteiger partial charge in [0.05, 0.1) is 0 Å². The highest BCUT2D eigenvalue weighted by Crippen LogP contribution is 2.25. The molecule has 0 N–H and O–H groups in total. The van der Waals surface area contributed by atoms with E-state index in [0.29, 0.717) is 6.42 Å². The van der Waals surface area contributed by atoms with E-state index in [-0.39, 0.29) is 5.78 Å². The van der Waals surface area contributed by atoms with Gasteiger partial charge in [0.2, 0.25) is 5.95 Å². The Hall–Kier alpha value is -2.30. The lowest BCUT2D eigenvalue weighted by atomic mass is 9.91. The van der Waals surface area contributed by atoms with Gasteiger partial charge in [-0.05, 0) is 62.6 Å². The monoisotopic (exact) mass is 366 g/mol. The molecule has 0 radical (unpaired) electrons. The quantitative estimate of drug-likeness (QED) is 0.662. The van der Waals surface area contributed by atoms with Crippen molar-refractivity contribution in [2.24, 2.45) is 5.92 Å². The number of pyridine rings is 1. The first-order valence-corrected chi connectivity index (χ1v) is 10.1. The first-order chi connectivity index (χ1) is 13.1. The summed E-state index contributed by atoms with van der Waals surface area (Å²) in [4.78, 5) is 26.8. The molecule has 1 aliphatic rings. The Labute approximate surface area is 162 Å². The molecule has 0 unspecified atom stereocenters. The first-order valence-electron chi connectivity index (χ1n) is 10.1. The lowest BCUT2D eigenvalue weighted by molar-refractivity contribution is -0.116. The maximum Gasteiger partial charge on any atom is 0.225 e. The maximum atomic E-state index is 11.1. The smallest absolute Gasteiger partial charge is 0.225 e. The van der Waals surface area contributed by atoms with Gasteiger partial charge in [0.25, 0.3) is 0 Å². The van der Waals surface area contributed by atoms with E-state index in [4.69, 9.17) is 0 Å². The van der Waals surface area contributed by atoms with Gasteiger partial charge in [-0.3, -0.25) is 9.78 Å². The molecular weight excluding hydrogens is 336 g/mol. The number of hydrogen-bond donors (Lipinski definition) is 0. The third-order valence-electron chi connectivity index (χ3n) is 5.30. The Balaban J connectivity index is 1.33. The zero-order valence-corrected chi connectivity index (χ0v) is 16.5. The number of Topliss-reactive ketones (excluding diaryl/α,β-unsaturated/α-hetero) is 1. The molecule has 0 aromatic carbocycles. The molecule has 0 aliphatic carbocycles. The van der Waals surface area contributed by atoms with Gasteiger partial charge in [-0.1, -0.05) is 18.9 Å². The Morgan fingerprint density at radius 3 is 2.44 bits per heavy atom. The molecule has 3 rings (SSSR count). The highest BCUT2D eigenvalue weighted by molar-refractivity contribution is 5.78. The second-order valence-electron chi connectivity index (χ2n) is 7.77. The van der Waals surface area contributed by atoms with E-state index in [1.54, 1.807) is 6.92 Å². The van der Waals surface area contributed by atoms with E-state index in [0.717, 1.165) is 48.2 Å².